The number of nitrogens with zero attached hydrogens (tertiary/aromatic N) is 2. The molecule has 5 rings (SSSR count). The van der Waals surface area contributed by atoms with E-state index in [0.717, 1.165) is 5.02 Å². The van der Waals surface area contributed by atoms with Gasteiger partial charge in [-0.25, -0.2) is 0 Å². The minimum absolute atomic E-state index is 0.0145. The van der Waals surface area contributed by atoms with Crippen molar-refractivity contribution < 1.29 is 0 Å². The average molecular weight is 421 g/mol. The van der Waals surface area contributed by atoms with Gasteiger partial charge in [0.25, 0.3) is 0 Å². The molecule has 2 nitrogen and oxygen atoms in total. The fourth-order valence-electron chi connectivity index (χ4n) is 5.78. The van der Waals surface area contributed by atoms with E-state index in [1.54, 1.807) is 0 Å². The van der Waals surface area contributed by atoms with Gasteiger partial charge >= 0.3 is 0 Å². The first-order valence-electron chi connectivity index (χ1n) is 12.0. The lowest BCUT2D eigenvalue weighted by Gasteiger charge is -2.31. The lowest BCUT2D eigenvalue weighted by Crippen LogP contribution is -2.34. The van der Waals surface area contributed by atoms with Crippen LogP contribution < -0.4 is 0 Å². The molecule has 158 valence electrons. The molecule has 2 aromatic rings. The third-order valence-electron chi connectivity index (χ3n) is 7.33. The van der Waals surface area contributed by atoms with Gasteiger partial charge in [-0.3, -0.25) is 9.89 Å². The number of rotatable bonds is 2. The highest BCUT2D eigenvalue weighted by molar-refractivity contribution is 6.30. The summed E-state index contributed by atoms with van der Waals surface area (Å²) < 4.78 is 0. The lowest BCUT2D eigenvalue weighted by atomic mass is 9.92. The molecule has 1 saturated carbocycles. The molecule has 2 heterocycles. The largest absolute Gasteiger partial charge is 0.265 e. The third-order valence-corrected chi connectivity index (χ3v) is 7.59. The molecule has 0 bridgehead atoms. The van der Waals surface area contributed by atoms with Gasteiger partial charge in [0.1, 0.15) is 5.66 Å². The maximum atomic E-state index is 6.18. The first kappa shape index (κ1) is 20.3. The molecule has 0 radical (unpaired) electrons. The molecule has 0 N–H and O–H groups in total. The lowest BCUT2D eigenvalue weighted by molar-refractivity contribution is 0.182. The predicted molar refractivity (Wildman–Crippen MR) is 126 cm³/mol. The van der Waals surface area contributed by atoms with E-state index >= 15 is 0 Å². The minimum atomic E-state index is -0.0145. The Morgan fingerprint density at radius 2 is 1.27 bits per heavy atom. The first-order chi connectivity index (χ1) is 14.8. The van der Waals surface area contributed by atoms with Gasteiger partial charge in [0, 0.05) is 5.02 Å². The fraction of sp³-hybridized carbons (Fsp3) is 0.519. The summed E-state index contributed by atoms with van der Waals surface area (Å²) in [7, 11) is 0. The molecule has 1 spiro atoms. The maximum absolute atomic E-state index is 6.18. The number of hydrogen-bond donors (Lipinski definition) is 0. The number of aliphatic imine (C=N–C) groups is 1. The van der Waals surface area contributed by atoms with Crippen LogP contribution in [0.4, 0.5) is 0 Å². The summed E-state index contributed by atoms with van der Waals surface area (Å²) >= 11 is 6.18. The number of fused-ring (bicyclic) bond motifs is 2. The molecule has 1 saturated heterocycles. The number of benzene rings is 2. The Labute approximate surface area is 186 Å². The van der Waals surface area contributed by atoms with Crippen molar-refractivity contribution in [2.24, 2.45) is 4.99 Å². The molecule has 3 atom stereocenters. The first-order valence-corrected chi connectivity index (χ1v) is 12.4. The molecular weight excluding hydrogens is 388 g/mol. The average Bonchev–Trinajstić information content (AvgIpc) is 3.43. The molecule has 2 fully saturated rings. The van der Waals surface area contributed by atoms with Gasteiger partial charge in [-0.15, -0.1) is 0 Å². The van der Waals surface area contributed by atoms with Crippen molar-refractivity contribution in [3.63, 3.8) is 0 Å². The summed E-state index contributed by atoms with van der Waals surface area (Å²) in [6, 6.07) is 20.3. The Bertz CT molecular complexity index is 861. The van der Waals surface area contributed by atoms with Gasteiger partial charge in [0.05, 0.1) is 17.8 Å². The van der Waals surface area contributed by atoms with Crippen LogP contribution in [0.15, 0.2) is 59.6 Å². The zero-order chi connectivity index (χ0) is 20.4. The van der Waals surface area contributed by atoms with Crippen LogP contribution in [-0.2, 0) is 0 Å². The van der Waals surface area contributed by atoms with E-state index in [-0.39, 0.29) is 5.66 Å². The Morgan fingerprint density at radius 3 is 1.87 bits per heavy atom. The van der Waals surface area contributed by atoms with Crippen LogP contribution >= 0.6 is 11.6 Å². The monoisotopic (exact) mass is 420 g/mol. The fourth-order valence-corrected chi connectivity index (χ4v) is 5.90. The summed E-state index contributed by atoms with van der Waals surface area (Å²) in [4.78, 5) is 8.26. The normalized spacial score (nSPS) is 28.8. The van der Waals surface area contributed by atoms with Crippen LogP contribution in [-0.4, -0.2) is 22.3 Å². The summed E-state index contributed by atoms with van der Waals surface area (Å²) in [5, 5.41) is 0.797. The number of halogens is 1. The zero-order valence-electron chi connectivity index (χ0n) is 17.9. The highest BCUT2D eigenvalue weighted by Gasteiger charge is 2.64. The molecule has 30 heavy (non-hydrogen) atoms. The Hall–Kier alpha value is -1.64. The van der Waals surface area contributed by atoms with Crippen LogP contribution in [0, 0.1) is 0 Å². The highest BCUT2D eigenvalue weighted by atomic mass is 35.5. The predicted octanol–water partition coefficient (Wildman–Crippen LogP) is 7.57. The van der Waals surface area contributed by atoms with Crippen LogP contribution in [0.5, 0.6) is 0 Å². The second-order valence-corrected chi connectivity index (χ2v) is 9.81. The topological polar surface area (TPSA) is 15.4 Å². The van der Waals surface area contributed by atoms with Gasteiger partial charge in [0.2, 0.25) is 0 Å². The molecule has 0 aromatic heterocycles. The minimum Gasteiger partial charge on any atom is -0.265 e. The van der Waals surface area contributed by atoms with Crippen molar-refractivity contribution in [2.75, 3.05) is 0 Å². The van der Waals surface area contributed by atoms with Crippen LogP contribution in [0.3, 0.4) is 0 Å². The van der Waals surface area contributed by atoms with E-state index in [0.29, 0.717) is 12.1 Å². The number of hydrogen-bond acceptors (Lipinski definition) is 2. The maximum Gasteiger partial charge on any atom is 0.114 e. The molecule has 3 aliphatic rings. The summed E-state index contributed by atoms with van der Waals surface area (Å²) in [6.07, 6.45) is 14.7. The summed E-state index contributed by atoms with van der Waals surface area (Å²) in [6.45, 7) is 0. The van der Waals surface area contributed by atoms with Gasteiger partial charge in [-0.2, -0.15) is 0 Å². The van der Waals surface area contributed by atoms with E-state index < -0.39 is 0 Å². The summed E-state index contributed by atoms with van der Waals surface area (Å²) in [5.74, 6) is 0. The van der Waals surface area contributed by atoms with Gasteiger partial charge in [0.15, 0.2) is 0 Å². The van der Waals surface area contributed by atoms with E-state index in [2.05, 4.69) is 47.4 Å². The van der Waals surface area contributed by atoms with E-state index in [4.69, 9.17) is 16.6 Å². The van der Waals surface area contributed by atoms with E-state index in [1.165, 1.54) is 87.5 Å². The molecule has 3 heteroatoms. The molecular formula is C27H33ClN2. The van der Waals surface area contributed by atoms with Crippen molar-refractivity contribution in [3.05, 3.63) is 70.7 Å². The quantitative estimate of drug-likeness (QED) is 0.457. The SMILES string of the molecule is Clc1ccc(C2=NC3(CCCCCCCCCCC3)N3[C@H](c4ccccc4)[C@H]23)cc1. The molecule has 2 aliphatic heterocycles. The van der Waals surface area contributed by atoms with Crippen molar-refractivity contribution in [1.29, 1.82) is 0 Å². The van der Waals surface area contributed by atoms with Gasteiger partial charge < -0.3 is 0 Å². The van der Waals surface area contributed by atoms with Gasteiger partial charge in [-0.05, 0) is 48.9 Å². The Morgan fingerprint density at radius 1 is 0.700 bits per heavy atom. The summed E-state index contributed by atoms with van der Waals surface area (Å²) in [5.41, 5.74) is 3.96. The van der Waals surface area contributed by atoms with Crippen LogP contribution in [0.25, 0.3) is 0 Å². The Balaban J connectivity index is 1.48. The second kappa shape index (κ2) is 8.85. The van der Waals surface area contributed by atoms with E-state index in [1.807, 2.05) is 12.1 Å². The van der Waals surface area contributed by atoms with Gasteiger partial charge in [-0.1, -0.05) is 99.0 Å². The third kappa shape index (κ3) is 3.97. The van der Waals surface area contributed by atoms with Crippen LogP contribution in [0.2, 0.25) is 5.02 Å². The van der Waals surface area contributed by atoms with Crippen molar-refractivity contribution in [2.45, 2.75) is 88.4 Å². The zero-order valence-corrected chi connectivity index (χ0v) is 18.7. The van der Waals surface area contributed by atoms with Crippen LogP contribution in [0.1, 0.15) is 87.8 Å². The highest BCUT2D eigenvalue weighted by Crippen LogP contribution is 2.58. The molecule has 2 aromatic carbocycles. The molecule has 1 aliphatic carbocycles. The van der Waals surface area contributed by atoms with E-state index in [9.17, 15) is 0 Å². The molecule has 0 amide bonds. The Kier molecular flexibility index (Phi) is 5.98. The molecule has 1 unspecified atom stereocenters. The standard InChI is InChI=1S/C27H33ClN2/c28-23-17-15-21(16-18-23)24-26-25(22-13-9-8-10-14-22)30(26)27(29-24)19-11-6-4-2-1-3-5-7-12-20-27/h8-10,13-18,25-26H,1-7,11-12,19-20H2/t25-,26+,30?/m1/s1. The second-order valence-electron chi connectivity index (χ2n) is 9.38. The van der Waals surface area contributed by atoms with Crippen molar-refractivity contribution in [3.8, 4) is 0 Å². The van der Waals surface area contributed by atoms with Crippen molar-refractivity contribution >= 4 is 17.3 Å². The van der Waals surface area contributed by atoms with Crippen molar-refractivity contribution in [1.82, 2.24) is 4.90 Å². The smallest absolute Gasteiger partial charge is 0.114 e.